The average molecular weight is 268 g/mol. The minimum absolute atomic E-state index is 0.00706. The molecular formula is C12H16N2O3S. The van der Waals surface area contributed by atoms with Gasteiger partial charge >= 0.3 is 5.97 Å². The minimum Gasteiger partial charge on any atom is -0.497 e. The third-order valence-electron chi connectivity index (χ3n) is 2.19. The largest absolute Gasteiger partial charge is 0.497 e. The van der Waals surface area contributed by atoms with E-state index in [1.165, 1.54) is 0 Å². The molecule has 0 aliphatic heterocycles. The smallest absolute Gasteiger partial charge is 0.338 e. The quantitative estimate of drug-likeness (QED) is 0.484. The molecule has 6 heteroatoms. The number of methoxy groups -OCH3 is 1. The minimum atomic E-state index is -0.376. The van der Waals surface area contributed by atoms with Crippen molar-refractivity contribution < 1.29 is 14.3 Å². The van der Waals surface area contributed by atoms with Crippen LogP contribution in [0.25, 0.3) is 0 Å². The second-order valence-corrected chi connectivity index (χ2v) is 4.41. The van der Waals surface area contributed by atoms with Gasteiger partial charge in [-0.05, 0) is 30.7 Å². The zero-order valence-electron chi connectivity index (χ0n) is 10.4. The molecule has 0 aliphatic rings. The van der Waals surface area contributed by atoms with Crippen LogP contribution in [0.3, 0.4) is 0 Å². The van der Waals surface area contributed by atoms with E-state index in [4.69, 9.17) is 20.6 Å². The fourth-order valence-electron chi connectivity index (χ4n) is 1.38. The molecule has 0 aliphatic carbocycles. The molecule has 5 nitrogen and oxygen atoms in total. The second-order valence-electron chi connectivity index (χ2n) is 3.40. The van der Waals surface area contributed by atoms with E-state index < -0.39 is 0 Å². The van der Waals surface area contributed by atoms with Gasteiger partial charge < -0.3 is 15.2 Å². The molecule has 0 atom stereocenters. The lowest BCUT2D eigenvalue weighted by Crippen LogP contribution is -2.09. The number of nitrogens with one attached hydrogen (secondary N) is 1. The molecule has 0 bridgehead atoms. The summed E-state index contributed by atoms with van der Waals surface area (Å²) >= 11 is 1.15. The Hall–Kier alpha value is -1.69. The molecule has 98 valence electrons. The summed E-state index contributed by atoms with van der Waals surface area (Å²) in [7, 11) is 1.56. The summed E-state index contributed by atoms with van der Waals surface area (Å²) < 4.78 is 10.1. The molecule has 0 heterocycles. The van der Waals surface area contributed by atoms with E-state index in [1.54, 1.807) is 32.2 Å². The molecule has 0 fully saturated rings. The summed E-state index contributed by atoms with van der Waals surface area (Å²) in [5.41, 5.74) is 6.52. The highest BCUT2D eigenvalue weighted by Gasteiger charge is 2.13. The Morgan fingerprint density at radius 3 is 2.78 bits per heavy atom. The van der Waals surface area contributed by atoms with Gasteiger partial charge in [0.25, 0.3) is 0 Å². The van der Waals surface area contributed by atoms with Crippen molar-refractivity contribution in [2.24, 2.45) is 5.73 Å². The number of ether oxygens (including phenoxy) is 2. The molecule has 1 aromatic carbocycles. The summed E-state index contributed by atoms with van der Waals surface area (Å²) in [6, 6.07) is 5.11. The van der Waals surface area contributed by atoms with E-state index in [2.05, 4.69) is 0 Å². The molecule has 0 saturated carbocycles. The Kier molecular flexibility index (Phi) is 5.51. The first-order chi connectivity index (χ1) is 8.58. The molecule has 18 heavy (non-hydrogen) atoms. The number of nitrogens with two attached hydrogens (primary N) is 1. The first kappa shape index (κ1) is 14.4. The summed E-state index contributed by atoms with van der Waals surface area (Å²) in [4.78, 5) is 11.8. The van der Waals surface area contributed by atoms with Crippen LogP contribution in [0.15, 0.2) is 18.2 Å². The number of esters is 1. The van der Waals surface area contributed by atoms with Crippen LogP contribution in [0.1, 0.15) is 22.8 Å². The van der Waals surface area contributed by atoms with Gasteiger partial charge in [0.05, 0.1) is 19.3 Å². The SMILES string of the molecule is CCOC(=O)c1ccc(OC)cc1CSC(=N)N. The molecule has 0 spiro atoms. The molecule has 1 aromatic rings. The van der Waals surface area contributed by atoms with Crippen LogP contribution < -0.4 is 10.5 Å². The van der Waals surface area contributed by atoms with Gasteiger partial charge in [0, 0.05) is 5.75 Å². The average Bonchev–Trinajstić information content (AvgIpc) is 2.36. The van der Waals surface area contributed by atoms with E-state index in [1.807, 2.05) is 0 Å². The summed E-state index contributed by atoms with van der Waals surface area (Å²) in [6.45, 7) is 2.08. The number of thioether (sulfide) groups is 1. The molecule has 1 rings (SSSR count). The number of hydrogen-bond acceptors (Lipinski definition) is 5. The van der Waals surface area contributed by atoms with Gasteiger partial charge in [-0.25, -0.2) is 4.79 Å². The lowest BCUT2D eigenvalue weighted by molar-refractivity contribution is 0.0525. The predicted octanol–water partition coefficient (Wildman–Crippen LogP) is 2.00. The van der Waals surface area contributed by atoms with Crippen LogP contribution in [-0.2, 0) is 10.5 Å². The van der Waals surface area contributed by atoms with E-state index in [0.29, 0.717) is 23.7 Å². The van der Waals surface area contributed by atoms with Crippen molar-refractivity contribution in [2.75, 3.05) is 13.7 Å². The molecule has 0 radical (unpaired) electrons. The molecule has 3 N–H and O–H groups in total. The van der Waals surface area contributed by atoms with E-state index in [0.717, 1.165) is 17.3 Å². The Labute approximate surface area is 110 Å². The van der Waals surface area contributed by atoms with Crippen LogP contribution in [0.5, 0.6) is 5.75 Å². The monoisotopic (exact) mass is 268 g/mol. The van der Waals surface area contributed by atoms with E-state index >= 15 is 0 Å². The van der Waals surface area contributed by atoms with Crippen LogP contribution >= 0.6 is 11.8 Å². The third kappa shape index (κ3) is 3.96. The topological polar surface area (TPSA) is 85.4 Å². The number of benzene rings is 1. The standard InChI is InChI=1S/C12H16N2O3S/c1-3-17-11(15)10-5-4-9(16-2)6-8(10)7-18-12(13)14/h4-6H,3,7H2,1-2H3,(H3,13,14). The zero-order valence-corrected chi connectivity index (χ0v) is 11.2. The van der Waals surface area contributed by atoms with Gasteiger partial charge in [0.1, 0.15) is 5.75 Å². The van der Waals surface area contributed by atoms with Crippen molar-refractivity contribution in [1.29, 1.82) is 5.41 Å². The lowest BCUT2D eigenvalue weighted by atomic mass is 10.1. The van der Waals surface area contributed by atoms with Crippen molar-refractivity contribution in [3.05, 3.63) is 29.3 Å². The lowest BCUT2D eigenvalue weighted by Gasteiger charge is -2.10. The fraction of sp³-hybridized carbons (Fsp3) is 0.333. The van der Waals surface area contributed by atoms with Gasteiger partial charge in [-0.3, -0.25) is 5.41 Å². The highest BCUT2D eigenvalue weighted by atomic mass is 32.2. The Bertz CT molecular complexity index is 449. The van der Waals surface area contributed by atoms with Gasteiger partial charge in [-0.2, -0.15) is 0 Å². The normalized spacial score (nSPS) is 9.89. The van der Waals surface area contributed by atoms with Crippen LogP contribution in [0, 0.1) is 5.41 Å². The number of hydrogen-bond donors (Lipinski definition) is 2. The first-order valence-corrected chi connectivity index (χ1v) is 6.38. The number of carbonyl (C=O) groups excluding carboxylic acids is 1. The van der Waals surface area contributed by atoms with Gasteiger partial charge in [-0.1, -0.05) is 11.8 Å². The maximum Gasteiger partial charge on any atom is 0.338 e. The van der Waals surface area contributed by atoms with Gasteiger partial charge in [-0.15, -0.1) is 0 Å². The fourth-order valence-corrected chi connectivity index (χ4v) is 1.93. The molecule has 0 unspecified atom stereocenters. The highest BCUT2D eigenvalue weighted by molar-refractivity contribution is 8.13. The number of carbonyl (C=O) groups is 1. The summed E-state index contributed by atoms with van der Waals surface area (Å²) in [5, 5.41) is 7.20. The Morgan fingerprint density at radius 2 is 2.22 bits per heavy atom. The Balaban J connectivity index is 2.99. The first-order valence-electron chi connectivity index (χ1n) is 5.39. The zero-order chi connectivity index (χ0) is 13.5. The van der Waals surface area contributed by atoms with E-state index in [9.17, 15) is 4.79 Å². The summed E-state index contributed by atoms with van der Waals surface area (Å²) in [6.07, 6.45) is 0. The van der Waals surface area contributed by atoms with Gasteiger partial charge in [0.2, 0.25) is 0 Å². The Morgan fingerprint density at radius 1 is 1.50 bits per heavy atom. The van der Waals surface area contributed by atoms with Crippen molar-refractivity contribution in [3.8, 4) is 5.75 Å². The molecule has 0 saturated heterocycles. The van der Waals surface area contributed by atoms with Gasteiger partial charge in [0.15, 0.2) is 5.17 Å². The van der Waals surface area contributed by atoms with Crippen LogP contribution in [0.2, 0.25) is 0 Å². The number of rotatable bonds is 5. The van der Waals surface area contributed by atoms with Crippen molar-refractivity contribution in [3.63, 3.8) is 0 Å². The summed E-state index contributed by atoms with van der Waals surface area (Å²) in [5.74, 6) is 0.710. The maximum atomic E-state index is 11.8. The number of amidine groups is 1. The van der Waals surface area contributed by atoms with Crippen molar-refractivity contribution in [1.82, 2.24) is 0 Å². The van der Waals surface area contributed by atoms with Crippen LogP contribution in [0.4, 0.5) is 0 Å². The van der Waals surface area contributed by atoms with Crippen LogP contribution in [-0.4, -0.2) is 24.9 Å². The predicted molar refractivity (Wildman–Crippen MR) is 72.2 cm³/mol. The molecule has 0 amide bonds. The highest BCUT2D eigenvalue weighted by Crippen LogP contribution is 2.22. The van der Waals surface area contributed by atoms with Crippen molar-refractivity contribution >= 4 is 22.9 Å². The van der Waals surface area contributed by atoms with Crippen molar-refractivity contribution in [2.45, 2.75) is 12.7 Å². The van der Waals surface area contributed by atoms with E-state index in [-0.39, 0.29) is 11.1 Å². The maximum absolute atomic E-state index is 11.8. The third-order valence-corrected chi connectivity index (χ3v) is 2.96. The molecular weight excluding hydrogens is 252 g/mol. The second kappa shape index (κ2) is 6.90. The molecule has 0 aromatic heterocycles.